The molecule has 0 aliphatic carbocycles. The molecule has 0 heterocycles. The molecule has 0 bridgehead atoms. The van der Waals surface area contributed by atoms with E-state index < -0.39 is 7.82 Å². The Morgan fingerprint density at radius 3 is 1.83 bits per heavy atom. The summed E-state index contributed by atoms with van der Waals surface area (Å²) in [5.74, 6) is 0.410. The molecule has 0 fully saturated rings. The van der Waals surface area contributed by atoms with Crippen molar-refractivity contribution >= 4 is 7.82 Å². The number of hydrogen-bond donors (Lipinski definition) is 4. The van der Waals surface area contributed by atoms with Gasteiger partial charge in [0.25, 0.3) is 0 Å². The summed E-state index contributed by atoms with van der Waals surface area (Å²) in [6, 6.07) is 12.7. The van der Waals surface area contributed by atoms with Crippen LogP contribution in [-0.4, -0.2) is 20.0 Å². The summed E-state index contributed by atoms with van der Waals surface area (Å²) < 4.78 is 15.4. The van der Waals surface area contributed by atoms with Crippen LogP contribution in [0.3, 0.4) is 0 Å². The summed E-state index contributed by atoms with van der Waals surface area (Å²) in [4.78, 5) is 17.5. The van der Waals surface area contributed by atoms with Crippen LogP contribution in [-0.2, 0) is 9.98 Å². The predicted octanol–water partition coefficient (Wildman–Crippen LogP) is 3.55. The van der Waals surface area contributed by atoms with Gasteiger partial charge in [-0.15, -0.1) is 0 Å². The Hall–Kier alpha value is -2.01. The Labute approximate surface area is 135 Å². The molecule has 4 N–H and O–H groups in total. The van der Waals surface area contributed by atoms with Gasteiger partial charge < -0.3 is 14.7 Å². The van der Waals surface area contributed by atoms with Crippen molar-refractivity contribution in [2.24, 2.45) is 0 Å². The third kappa shape index (κ3) is 7.19. The average Bonchev–Trinajstić information content (AvgIpc) is 2.36. The summed E-state index contributed by atoms with van der Waals surface area (Å²) in [7, 11) is -4.48. The highest BCUT2D eigenvalue weighted by atomic mass is 31.2. The smallest absolute Gasteiger partial charge is 0.508 e. The fourth-order valence-corrected chi connectivity index (χ4v) is 2.20. The highest BCUT2D eigenvalue weighted by molar-refractivity contribution is 7.46. The number of aromatic hydroxyl groups is 2. The van der Waals surface area contributed by atoms with E-state index in [1.807, 2.05) is 26.8 Å². The van der Waals surface area contributed by atoms with E-state index in [1.54, 1.807) is 24.3 Å². The molecule has 0 aromatic heterocycles. The molecule has 0 saturated heterocycles. The lowest BCUT2D eigenvalue weighted by molar-refractivity contribution is 0.281. The van der Waals surface area contributed by atoms with Crippen molar-refractivity contribution in [1.29, 1.82) is 0 Å². The van der Waals surface area contributed by atoms with E-state index >= 15 is 0 Å². The summed E-state index contributed by atoms with van der Waals surface area (Å²) >= 11 is 0. The van der Waals surface area contributed by atoms with E-state index in [2.05, 4.69) is 4.52 Å². The number of phosphoric acid groups is 1. The van der Waals surface area contributed by atoms with Crippen molar-refractivity contribution in [1.82, 2.24) is 0 Å². The van der Waals surface area contributed by atoms with Gasteiger partial charge in [-0.25, -0.2) is 4.57 Å². The number of phosphoric ester groups is 1. The van der Waals surface area contributed by atoms with Gasteiger partial charge in [0.2, 0.25) is 0 Å². The molecule has 6 nitrogen and oxygen atoms in total. The molecule has 7 heteroatoms. The topological polar surface area (TPSA) is 107 Å². The molecule has 0 unspecified atom stereocenters. The fourth-order valence-electron chi connectivity index (χ4n) is 1.79. The predicted molar refractivity (Wildman–Crippen MR) is 87.6 cm³/mol. The van der Waals surface area contributed by atoms with Crippen LogP contribution >= 0.6 is 7.82 Å². The lowest BCUT2D eigenvalue weighted by atomic mass is 9.86. The van der Waals surface area contributed by atoms with E-state index in [-0.39, 0.29) is 22.7 Å². The van der Waals surface area contributed by atoms with Gasteiger partial charge in [-0.2, -0.15) is 0 Å². The Kier molecular flexibility index (Phi) is 6.21. The van der Waals surface area contributed by atoms with Gasteiger partial charge in [0, 0.05) is 11.6 Å². The van der Waals surface area contributed by atoms with Crippen LogP contribution in [0.25, 0.3) is 0 Å². The molecule has 2 rings (SSSR count). The summed E-state index contributed by atoms with van der Waals surface area (Å²) in [5.41, 5.74) is 0.555. The van der Waals surface area contributed by atoms with Gasteiger partial charge >= 0.3 is 7.82 Å². The van der Waals surface area contributed by atoms with Crippen LogP contribution in [0.15, 0.2) is 48.5 Å². The molecule has 2 aromatic rings. The third-order valence-electron chi connectivity index (χ3n) is 2.74. The molecular weight excluding hydrogens is 319 g/mol. The molecular formula is C16H21O6P. The van der Waals surface area contributed by atoms with Crippen molar-refractivity contribution < 1.29 is 29.1 Å². The molecule has 23 heavy (non-hydrogen) atoms. The summed E-state index contributed by atoms with van der Waals surface area (Å²) in [6.45, 7) is 5.86. The molecule has 0 spiro atoms. The van der Waals surface area contributed by atoms with Crippen molar-refractivity contribution in [3.63, 3.8) is 0 Å². The second kappa shape index (κ2) is 7.51. The molecule has 2 aromatic carbocycles. The van der Waals surface area contributed by atoms with Crippen molar-refractivity contribution in [3.8, 4) is 17.2 Å². The lowest BCUT2D eigenvalue weighted by Gasteiger charge is -2.22. The zero-order valence-corrected chi connectivity index (χ0v) is 14.1. The Bertz CT molecular complexity index is 670. The molecule has 0 saturated carbocycles. The molecule has 0 amide bonds. The molecule has 0 atom stereocenters. The van der Waals surface area contributed by atoms with E-state index in [1.165, 1.54) is 18.2 Å². The van der Waals surface area contributed by atoms with Crippen LogP contribution in [0.4, 0.5) is 0 Å². The Morgan fingerprint density at radius 1 is 0.913 bits per heavy atom. The Balaban J connectivity index is 0.000000277. The molecule has 0 aliphatic rings. The SMILES string of the molecule is CC(C)(C)c1ccccc1OP(=O)(O)O.Oc1cccc(O)c1. The Morgan fingerprint density at radius 2 is 1.43 bits per heavy atom. The minimum absolute atomic E-state index is 0.0880. The monoisotopic (exact) mass is 340 g/mol. The van der Waals surface area contributed by atoms with Crippen LogP contribution in [0.5, 0.6) is 17.2 Å². The zero-order chi connectivity index (χ0) is 17.7. The maximum Gasteiger partial charge on any atom is 0.524 e. The number of para-hydroxylation sites is 1. The van der Waals surface area contributed by atoms with Gasteiger partial charge in [0.05, 0.1) is 0 Å². The number of rotatable bonds is 2. The van der Waals surface area contributed by atoms with Gasteiger partial charge in [0.15, 0.2) is 0 Å². The average molecular weight is 340 g/mol. The normalized spacial score (nSPS) is 11.3. The summed E-state index contributed by atoms with van der Waals surface area (Å²) in [6.07, 6.45) is 0. The van der Waals surface area contributed by atoms with Gasteiger partial charge in [0.1, 0.15) is 17.2 Å². The van der Waals surface area contributed by atoms with Crippen LogP contribution < -0.4 is 4.52 Å². The van der Waals surface area contributed by atoms with Gasteiger partial charge in [-0.3, -0.25) is 9.79 Å². The number of phenols is 2. The standard InChI is InChI=1S/C10H15O4P.C6H6O2/c1-10(2,3)8-6-4-5-7-9(8)14-15(11,12)13;7-5-2-1-3-6(8)4-5/h4-7H,1-3H3,(H2,11,12,13);1-4,7-8H. The lowest BCUT2D eigenvalue weighted by Crippen LogP contribution is -2.12. The molecule has 0 aliphatic heterocycles. The van der Waals surface area contributed by atoms with Gasteiger partial charge in [-0.1, -0.05) is 45.0 Å². The van der Waals surface area contributed by atoms with Crippen LogP contribution in [0.2, 0.25) is 0 Å². The van der Waals surface area contributed by atoms with Crippen LogP contribution in [0, 0.1) is 0 Å². The van der Waals surface area contributed by atoms with Crippen LogP contribution in [0.1, 0.15) is 26.3 Å². The third-order valence-corrected chi connectivity index (χ3v) is 3.18. The first kappa shape index (κ1) is 19.0. The van der Waals surface area contributed by atoms with Crippen molar-refractivity contribution in [2.75, 3.05) is 0 Å². The largest absolute Gasteiger partial charge is 0.524 e. The minimum atomic E-state index is -4.48. The highest BCUT2D eigenvalue weighted by Gasteiger charge is 2.23. The maximum absolute atomic E-state index is 10.8. The van der Waals surface area contributed by atoms with E-state index in [9.17, 15) is 4.57 Å². The minimum Gasteiger partial charge on any atom is -0.508 e. The molecule has 126 valence electrons. The van der Waals surface area contributed by atoms with E-state index in [4.69, 9.17) is 20.0 Å². The highest BCUT2D eigenvalue weighted by Crippen LogP contribution is 2.41. The first-order valence-electron chi connectivity index (χ1n) is 6.82. The fraction of sp³-hybridized carbons (Fsp3) is 0.250. The second-order valence-corrected chi connectivity index (χ2v) is 7.01. The van der Waals surface area contributed by atoms with E-state index in [0.717, 1.165) is 5.56 Å². The first-order chi connectivity index (χ1) is 10.5. The van der Waals surface area contributed by atoms with Gasteiger partial charge in [-0.05, 0) is 23.6 Å². The zero-order valence-electron chi connectivity index (χ0n) is 13.2. The second-order valence-electron chi connectivity index (χ2n) is 5.85. The van der Waals surface area contributed by atoms with Crippen molar-refractivity contribution in [3.05, 3.63) is 54.1 Å². The maximum atomic E-state index is 10.8. The quantitative estimate of drug-likeness (QED) is 0.623. The number of benzene rings is 2. The number of phenolic OH excluding ortho intramolecular Hbond substituents is 2. The summed E-state index contributed by atoms with van der Waals surface area (Å²) in [5, 5.41) is 17.3. The van der Waals surface area contributed by atoms with Crippen molar-refractivity contribution in [2.45, 2.75) is 26.2 Å². The first-order valence-corrected chi connectivity index (χ1v) is 8.35. The molecule has 0 radical (unpaired) electrons. The van der Waals surface area contributed by atoms with E-state index in [0.29, 0.717) is 0 Å². The number of hydrogen-bond acceptors (Lipinski definition) is 4.